The molecular weight excluding hydrogens is 474 g/mol. The molecule has 0 bridgehead atoms. The third kappa shape index (κ3) is 5.39. The molecule has 39 heavy (non-hydrogen) atoms. The van der Waals surface area contributed by atoms with Gasteiger partial charge in [0.1, 0.15) is 0 Å². The first-order valence-corrected chi connectivity index (χ1v) is 13.3. The maximum Gasteiger partial charge on any atom is 0.164 e. The van der Waals surface area contributed by atoms with Crippen LogP contribution in [0.2, 0.25) is 0 Å². The van der Waals surface area contributed by atoms with Crippen molar-refractivity contribution in [1.29, 1.82) is 0 Å². The van der Waals surface area contributed by atoms with Gasteiger partial charge in [-0.25, -0.2) is 15.0 Å². The summed E-state index contributed by atoms with van der Waals surface area (Å²) in [5.74, 6) is 2.46. The Hall–Kier alpha value is -4.89. The third-order valence-corrected chi connectivity index (χ3v) is 6.97. The number of benzene rings is 5. The normalized spacial score (nSPS) is 11.1. The first-order valence-electron chi connectivity index (χ1n) is 13.3. The van der Waals surface area contributed by atoms with Gasteiger partial charge in [0, 0.05) is 16.7 Å². The second kappa shape index (κ2) is 10.8. The molecule has 5 aromatic carbocycles. The smallest absolute Gasteiger partial charge is 0.164 e. The van der Waals surface area contributed by atoms with E-state index in [2.05, 4.69) is 135 Å². The number of nitrogens with zero attached hydrogens (tertiary/aromatic N) is 3. The van der Waals surface area contributed by atoms with Crippen molar-refractivity contribution in [3.05, 3.63) is 139 Å². The van der Waals surface area contributed by atoms with Gasteiger partial charge in [-0.15, -0.1) is 0 Å². The minimum absolute atomic E-state index is 0.467. The van der Waals surface area contributed by atoms with Gasteiger partial charge >= 0.3 is 0 Å². The molecule has 188 valence electrons. The van der Waals surface area contributed by atoms with Crippen LogP contribution in [0.3, 0.4) is 0 Å². The van der Waals surface area contributed by atoms with Crippen molar-refractivity contribution in [3.63, 3.8) is 0 Å². The molecule has 1 heterocycles. The van der Waals surface area contributed by atoms with Crippen LogP contribution in [0.25, 0.3) is 56.4 Å². The van der Waals surface area contributed by atoms with Crippen LogP contribution in [-0.4, -0.2) is 15.0 Å². The molecule has 0 saturated carbocycles. The largest absolute Gasteiger partial charge is 0.208 e. The molecule has 1 aromatic heterocycles. The summed E-state index contributed by atoms with van der Waals surface area (Å²) in [4.78, 5) is 14.8. The standard InChI is InChI=1S/C36H29N3/c1-25(2)26-13-19-31(20-14-26)34-37-35(32-21-15-29(16-22-32)27-9-5-3-6-10-27)39-36(38-34)33-23-17-30(18-24-33)28-11-7-4-8-12-28/h3-25H,1-2H3. The first kappa shape index (κ1) is 24.4. The Morgan fingerprint density at radius 3 is 0.949 bits per heavy atom. The van der Waals surface area contributed by atoms with E-state index in [9.17, 15) is 0 Å². The number of rotatable bonds is 6. The van der Waals surface area contributed by atoms with E-state index in [4.69, 9.17) is 15.0 Å². The molecule has 0 aliphatic heterocycles. The monoisotopic (exact) mass is 503 g/mol. The molecule has 3 nitrogen and oxygen atoms in total. The Morgan fingerprint density at radius 1 is 0.333 bits per heavy atom. The van der Waals surface area contributed by atoms with Crippen molar-refractivity contribution in [2.24, 2.45) is 0 Å². The molecule has 6 aromatic rings. The molecule has 6 rings (SSSR count). The van der Waals surface area contributed by atoms with Gasteiger partial charge in [-0.05, 0) is 33.7 Å². The third-order valence-electron chi connectivity index (χ3n) is 6.97. The van der Waals surface area contributed by atoms with Gasteiger partial charge in [0.2, 0.25) is 0 Å². The molecular formula is C36H29N3. The van der Waals surface area contributed by atoms with Gasteiger partial charge in [-0.1, -0.05) is 147 Å². The molecule has 3 heteroatoms. The summed E-state index contributed by atoms with van der Waals surface area (Å²) in [7, 11) is 0. The zero-order chi connectivity index (χ0) is 26.6. The highest BCUT2D eigenvalue weighted by atomic mass is 15.0. The minimum Gasteiger partial charge on any atom is -0.208 e. The van der Waals surface area contributed by atoms with Crippen molar-refractivity contribution >= 4 is 0 Å². The van der Waals surface area contributed by atoms with E-state index in [1.807, 2.05) is 12.1 Å². The van der Waals surface area contributed by atoms with E-state index in [-0.39, 0.29) is 0 Å². The van der Waals surface area contributed by atoms with Gasteiger partial charge in [0.05, 0.1) is 0 Å². The molecule has 0 spiro atoms. The van der Waals surface area contributed by atoms with E-state index in [1.165, 1.54) is 16.7 Å². The fourth-order valence-electron chi connectivity index (χ4n) is 4.67. The van der Waals surface area contributed by atoms with Crippen LogP contribution in [0.15, 0.2) is 133 Å². The van der Waals surface area contributed by atoms with Crippen molar-refractivity contribution in [2.45, 2.75) is 19.8 Å². The van der Waals surface area contributed by atoms with Crippen LogP contribution in [0.1, 0.15) is 25.3 Å². The van der Waals surface area contributed by atoms with Crippen LogP contribution in [0.5, 0.6) is 0 Å². The number of hydrogen-bond acceptors (Lipinski definition) is 3. The molecule has 0 fully saturated rings. The zero-order valence-electron chi connectivity index (χ0n) is 22.1. The highest BCUT2D eigenvalue weighted by Gasteiger charge is 2.13. The molecule has 0 aliphatic rings. The predicted octanol–water partition coefficient (Wildman–Crippen LogP) is 9.33. The molecule has 0 aliphatic carbocycles. The molecule has 0 unspecified atom stereocenters. The average Bonchev–Trinajstić information content (AvgIpc) is 3.02. The van der Waals surface area contributed by atoms with E-state index < -0.39 is 0 Å². The van der Waals surface area contributed by atoms with Crippen molar-refractivity contribution in [3.8, 4) is 56.4 Å². The lowest BCUT2D eigenvalue weighted by atomic mass is 10.0. The van der Waals surface area contributed by atoms with Gasteiger partial charge in [-0.2, -0.15) is 0 Å². The second-order valence-corrected chi connectivity index (χ2v) is 9.97. The lowest BCUT2D eigenvalue weighted by molar-refractivity contribution is 0.867. The summed E-state index contributed by atoms with van der Waals surface area (Å²) in [6, 6.07) is 46.2. The van der Waals surface area contributed by atoms with Crippen LogP contribution >= 0.6 is 0 Å². The topological polar surface area (TPSA) is 38.7 Å². The number of hydrogen-bond donors (Lipinski definition) is 0. The van der Waals surface area contributed by atoms with Gasteiger partial charge in [0.15, 0.2) is 17.5 Å². The van der Waals surface area contributed by atoms with Crippen molar-refractivity contribution in [1.82, 2.24) is 15.0 Å². The maximum atomic E-state index is 4.93. The Morgan fingerprint density at radius 2 is 0.615 bits per heavy atom. The van der Waals surface area contributed by atoms with Crippen LogP contribution in [0.4, 0.5) is 0 Å². The summed E-state index contributed by atoms with van der Waals surface area (Å²) >= 11 is 0. The van der Waals surface area contributed by atoms with E-state index in [0.717, 1.165) is 27.8 Å². The predicted molar refractivity (Wildman–Crippen MR) is 161 cm³/mol. The molecule has 0 radical (unpaired) electrons. The summed E-state index contributed by atoms with van der Waals surface area (Å²) in [6.45, 7) is 4.40. The van der Waals surface area contributed by atoms with Gasteiger partial charge < -0.3 is 0 Å². The Kier molecular flexibility index (Phi) is 6.80. The molecule has 0 atom stereocenters. The molecule has 0 amide bonds. The Bertz CT molecular complexity index is 1570. The summed E-state index contributed by atoms with van der Waals surface area (Å²) in [5, 5.41) is 0. The van der Waals surface area contributed by atoms with Crippen molar-refractivity contribution < 1.29 is 0 Å². The molecule has 0 saturated heterocycles. The van der Waals surface area contributed by atoms with Crippen LogP contribution < -0.4 is 0 Å². The van der Waals surface area contributed by atoms with Crippen molar-refractivity contribution in [2.75, 3.05) is 0 Å². The SMILES string of the molecule is CC(C)c1ccc(-c2nc(-c3ccc(-c4ccccc4)cc3)nc(-c3ccc(-c4ccccc4)cc3)n2)cc1. The van der Waals surface area contributed by atoms with Crippen LogP contribution in [0, 0.1) is 0 Å². The Balaban J connectivity index is 1.41. The summed E-state index contributed by atoms with van der Waals surface area (Å²) in [5.41, 5.74) is 8.88. The quantitative estimate of drug-likeness (QED) is 0.227. The average molecular weight is 504 g/mol. The fraction of sp³-hybridized carbons (Fsp3) is 0.0833. The maximum absolute atomic E-state index is 4.93. The molecule has 0 N–H and O–H groups in total. The zero-order valence-corrected chi connectivity index (χ0v) is 22.1. The highest BCUT2D eigenvalue weighted by molar-refractivity contribution is 5.72. The second-order valence-electron chi connectivity index (χ2n) is 9.97. The van der Waals surface area contributed by atoms with Gasteiger partial charge in [-0.3, -0.25) is 0 Å². The first-order chi connectivity index (χ1) is 19.1. The number of aromatic nitrogens is 3. The minimum atomic E-state index is 0.467. The van der Waals surface area contributed by atoms with E-state index in [1.54, 1.807) is 0 Å². The summed E-state index contributed by atoms with van der Waals surface area (Å²) < 4.78 is 0. The summed E-state index contributed by atoms with van der Waals surface area (Å²) in [6.07, 6.45) is 0. The Labute approximate surface area is 229 Å². The lowest BCUT2D eigenvalue weighted by Crippen LogP contribution is -2.00. The van der Waals surface area contributed by atoms with E-state index >= 15 is 0 Å². The van der Waals surface area contributed by atoms with E-state index in [0.29, 0.717) is 23.4 Å². The lowest BCUT2D eigenvalue weighted by Gasteiger charge is -2.11. The highest BCUT2D eigenvalue weighted by Crippen LogP contribution is 2.29. The van der Waals surface area contributed by atoms with Crippen LogP contribution in [-0.2, 0) is 0 Å². The fourth-order valence-corrected chi connectivity index (χ4v) is 4.67. The van der Waals surface area contributed by atoms with Gasteiger partial charge in [0.25, 0.3) is 0 Å².